The first-order valence-electron chi connectivity index (χ1n) is 9.78. The van der Waals surface area contributed by atoms with Gasteiger partial charge >= 0.3 is 0 Å². The van der Waals surface area contributed by atoms with Crippen LogP contribution in [0.5, 0.6) is 0 Å². The molecule has 0 atom stereocenters. The molecular weight excluding hydrogens is 468 g/mol. The summed E-state index contributed by atoms with van der Waals surface area (Å²) in [5, 5.41) is 4.12. The van der Waals surface area contributed by atoms with Crippen molar-refractivity contribution in [3.63, 3.8) is 0 Å². The van der Waals surface area contributed by atoms with E-state index < -0.39 is 0 Å². The van der Waals surface area contributed by atoms with E-state index in [1.54, 1.807) is 18.2 Å². The lowest BCUT2D eigenvalue weighted by atomic mass is 10.2. The molecule has 0 unspecified atom stereocenters. The maximum Gasteiger partial charge on any atom is 0.238 e. The lowest BCUT2D eigenvalue weighted by Crippen LogP contribution is -2.48. The van der Waals surface area contributed by atoms with Crippen LogP contribution >= 0.6 is 27.5 Å². The van der Waals surface area contributed by atoms with Crippen molar-refractivity contribution in [2.75, 3.05) is 38.0 Å². The van der Waals surface area contributed by atoms with Crippen LogP contribution in [0.4, 0.5) is 5.69 Å². The van der Waals surface area contributed by atoms with Crippen molar-refractivity contribution < 1.29 is 4.79 Å². The van der Waals surface area contributed by atoms with E-state index in [4.69, 9.17) is 11.6 Å². The Morgan fingerprint density at radius 1 is 1.00 bits per heavy atom. The third-order valence-corrected chi connectivity index (χ3v) is 6.25. The summed E-state index contributed by atoms with van der Waals surface area (Å²) >= 11 is 9.68. The number of hydrogen-bond acceptors (Lipinski definition) is 4. The number of carbonyl (C=O) groups is 1. The molecule has 2 aromatic carbocycles. The molecule has 1 fully saturated rings. The SMILES string of the molecule is O=C(CN1CCN(Cn2ccc(=O)c3cccc(Br)c32)CC1)Nc1ccccc1Cl. The number of halogens is 2. The second-order valence-electron chi connectivity index (χ2n) is 7.35. The molecule has 1 aliphatic heterocycles. The van der Waals surface area contributed by atoms with Crippen molar-refractivity contribution >= 4 is 50.0 Å². The molecule has 156 valence electrons. The highest BCUT2D eigenvalue weighted by Gasteiger charge is 2.20. The summed E-state index contributed by atoms with van der Waals surface area (Å²) in [4.78, 5) is 29.0. The fourth-order valence-corrected chi connectivity index (χ4v) is 4.48. The number of pyridine rings is 1. The lowest BCUT2D eigenvalue weighted by Gasteiger charge is -2.34. The topological polar surface area (TPSA) is 57.6 Å². The molecule has 6 nitrogen and oxygen atoms in total. The van der Waals surface area contributed by atoms with E-state index in [-0.39, 0.29) is 11.3 Å². The van der Waals surface area contributed by atoms with E-state index in [0.717, 1.165) is 36.2 Å². The number of para-hydroxylation sites is 2. The van der Waals surface area contributed by atoms with E-state index in [2.05, 4.69) is 35.6 Å². The Morgan fingerprint density at radius 2 is 1.73 bits per heavy atom. The minimum atomic E-state index is -0.0631. The molecule has 1 N–H and O–H groups in total. The number of aromatic nitrogens is 1. The van der Waals surface area contributed by atoms with Gasteiger partial charge in [-0.3, -0.25) is 19.4 Å². The minimum Gasteiger partial charge on any atom is -0.333 e. The second kappa shape index (κ2) is 9.31. The van der Waals surface area contributed by atoms with Crippen LogP contribution in [0.1, 0.15) is 0 Å². The summed E-state index contributed by atoms with van der Waals surface area (Å²) in [6.45, 7) is 4.32. The van der Waals surface area contributed by atoms with Crippen molar-refractivity contribution in [3.8, 4) is 0 Å². The third-order valence-electron chi connectivity index (χ3n) is 5.28. The van der Waals surface area contributed by atoms with E-state index in [9.17, 15) is 9.59 Å². The first-order chi connectivity index (χ1) is 14.5. The molecule has 1 saturated heterocycles. The first-order valence-corrected chi connectivity index (χ1v) is 10.9. The van der Waals surface area contributed by atoms with Crippen LogP contribution in [0.2, 0.25) is 5.02 Å². The molecule has 0 aliphatic carbocycles. The van der Waals surface area contributed by atoms with Gasteiger partial charge in [-0.05, 0) is 40.2 Å². The van der Waals surface area contributed by atoms with Crippen molar-refractivity contribution in [3.05, 3.63) is 74.4 Å². The van der Waals surface area contributed by atoms with Crippen LogP contribution in [-0.4, -0.2) is 53.0 Å². The normalized spacial score (nSPS) is 15.4. The molecular formula is C22H22BrClN4O2. The van der Waals surface area contributed by atoms with Crippen molar-refractivity contribution in [1.29, 1.82) is 0 Å². The number of anilines is 1. The Labute approximate surface area is 188 Å². The molecule has 1 aromatic heterocycles. The molecule has 0 radical (unpaired) electrons. The predicted molar refractivity (Wildman–Crippen MR) is 124 cm³/mol. The highest BCUT2D eigenvalue weighted by Crippen LogP contribution is 2.22. The van der Waals surface area contributed by atoms with Crippen molar-refractivity contribution in [2.45, 2.75) is 6.67 Å². The highest BCUT2D eigenvalue weighted by atomic mass is 79.9. The number of nitrogens with one attached hydrogen (secondary N) is 1. The largest absolute Gasteiger partial charge is 0.333 e. The zero-order valence-corrected chi connectivity index (χ0v) is 18.7. The summed E-state index contributed by atoms with van der Waals surface area (Å²) in [6.07, 6.45) is 1.85. The van der Waals surface area contributed by atoms with Crippen molar-refractivity contribution in [1.82, 2.24) is 14.4 Å². The van der Waals surface area contributed by atoms with Gasteiger partial charge in [0.15, 0.2) is 5.43 Å². The summed E-state index contributed by atoms with van der Waals surface area (Å²) in [7, 11) is 0. The van der Waals surface area contributed by atoms with Gasteiger partial charge in [-0.15, -0.1) is 0 Å². The zero-order chi connectivity index (χ0) is 21.1. The molecule has 1 aliphatic rings. The maximum absolute atomic E-state index is 12.4. The summed E-state index contributed by atoms with van der Waals surface area (Å²) in [5.41, 5.74) is 1.57. The van der Waals surface area contributed by atoms with Gasteiger partial charge in [0.1, 0.15) is 0 Å². The fourth-order valence-electron chi connectivity index (χ4n) is 3.71. The van der Waals surface area contributed by atoms with Crippen LogP contribution < -0.4 is 10.7 Å². The molecule has 0 bridgehead atoms. The quantitative estimate of drug-likeness (QED) is 0.595. The smallest absolute Gasteiger partial charge is 0.238 e. The van der Waals surface area contributed by atoms with Gasteiger partial charge in [-0.25, -0.2) is 0 Å². The van der Waals surface area contributed by atoms with E-state index in [1.807, 2.05) is 36.5 Å². The number of carbonyl (C=O) groups excluding carboxylic acids is 1. The monoisotopic (exact) mass is 488 g/mol. The van der Waals surface area contributed by atoms with Crippen molar-refractivity contribution in [2.24, 2.45) is 0 Å². The Hall–Kier alpha value is -2.19. The molecule has 2 heterocycles. The molecule has 4 rings (SSSR count). The Kier molecular flexibility index (Phi) is 6.53. The number of nitrogens with zero attached hydrogens (tertiary/aromatic N) is 3. The number of fused-ring (bicyclic) bond motifs is 1. The number of amides is 1. The van der Waals surface area contributed by atoms with E-state index in [1.165, 1.54) is 0 Å². The number of hydrogen-bond donors (Lipinski definition) is 1. The van der Waals surface area contributed by atoms with Gasteiger partial charge in [0.2, 0.25) is 5.91 Å². The van der Waals surface area contributed by atoms with Gasteiger partial charge in [0.25, 0.3) is 0 Å². The van der Waals surface area contributed by atoms with Crippen LogP contribution in [0.15, 0.2) is 64.0 Å². The third kappa shape index (κ3) is 4.75. The second-order valence-corrected chi connectivity index (χ2v) is 8.61. The molecule has 1 amide bonds. The Morgan fingerprint density at radius 3 is 2.50 bits per heavy atom. The average Bonchev–Trinajstić information content (AvgIpc) is 2.73. The maximum atomic E-state index is 12.4. The molecule has 8 heteroatoms. The van der Waals surface area contributed by atoms with Crippen LogP contribution in [0, 0.1) is 0 Å². The van der Waals surface area contributed by atoms with Gasteiger partial charge in [-0.1, -0.05) is 29.8 Å². The fraction of sp³-hybridized carbons (Fsp3) is 0.273. The Bertz CT molecular complexity index is 1130. The van der Waals surface area contributed by atoms with Gasteiger partial charge in [0, 0.05) is 48.3 Å². The van der Waals surface area contributed by atoms with Crippen LogP contribution in [0.3, 0.4) is 0 Å². The number of benzene rings is 2. The summed E-state index contributed by atoms with van der Waals surface area (Å²) in [6, 6.07) is 14.5. The van der Waals surface area contributed by atoms with Gasteiger partial charge in [-0.2, -0.15) is 0 Å². The zero-order valence-electron chi connectivity index (χ0n) is 16.4. The standard InChI is InChI=1S/C22H22BrClN4O2/c23-17-5-3-4-16-20(29)8-9-28(22(16)17)15-27-12-10-26(11-13-27)14-21(30)25-19-7-2-1-6-18(19)24/h1-9H,10-15H2,(H,25,30). The van der Waals surface area contributed by atoms with Crippen LogP contribution in [0.25, 0.3) is 10.9 Å². The molecule has 0 saturated carbocycles. The highest BCUT2D eigenvalue weighted by molar-refractivity contribution is 9.10. The van der Waals surface area contributed by atoms with E-state index >= 15 is 0 Å². The lowest BCUT2D eigenvalue weighted by molar-refractivity contribution is -0.117. The number of piperazine rings is 1. The summed E-state index contributed by atoms with van der Waals surface area (Å²) < 4.78 is 3.01. The summed E-state index contributed by atoms with van der Waals surface area (Å²) in [5.74, 6) is -0.0631. The van der Waals surface area contributed by atoms with Crippen LogP contribution in [-0.2, 0) is 11.5 Å². The average molecular weight is 490 g/mol. The van der Waals surface area contributed by atoms with Gasteiger partial charge < -0.3 is 9.88 Å². The van der Waals surface area contributed by atoms with Gasteiger partial charge in [0.05, 0.1) is 29.4 Å². The minimum absolute atomic E-state index is 0.0249. The number of rotatable bonds is 5. The first kappa shape index (κ1) is 21.1. The molecule has 3 aromatic rings. The van der Waals surface area contributed by atoms with E-state index in [0.29, 0.717) is 29.3 Å². The molecule has 0 spiro atoms. The Balaban J connectivity index is 1.35. The molecule has 30 heavy (non-hydrogen) atoms. The predicted octanol–water partition coefficient (Wildman–Crippen LogP) is 3.63.